The standard InChI is InChI=1S/C25H22F4O2/c1-3-15-8-9-19(23(27)22(15)26)16-4-6-17(7-5-16)20-10-11-21(25(29)24(20)28)18-12-30-14(2)31-13-18/h4-11,14,18H,3,12-13H2,1-2H3. The molecular formula is C25H22F4O2. The average molecular weight is 430 g/mol. The van der Waals surface area contributed by atoms with Crippen molar-refractivity contribution in [3.8, 4) is 22.3 Å². The van der Waals surface area contributed by atoms with E-state index in [1.54, 1.807) is 44.2 Å². The van der Waals surface area contributed by atoms with Gasteiger partial charge in [-0.05, 0) is 35.6 Å². The number of aryl methyl sites for hydroxylation is 1. The minimum absolute atomic E-state index is 0.0896. The fraction of sp³-hybridized carbons (Fsp3) is 0.280. The summed E-state index contributed by atoms with van der Waals surface area (Å²) >= 11 is 0. The highest BCUT2D eigenvalue weighted by molar-refractivity contribution is 5.71. The normalized spacial score (nSPS) is 18.9. The van der Waals surface area contributed by atoms with E-state index in [0.717, 1.165) is 0 Å². The average Bonchev–Trinajstić information content (AvgIpc) is 2.78. The molecule has 1 aliphatic heterocycles. The predicted octanol–water partition coefficient (Wildman–Crippen LogP) is 6.62. The van der Waals surface area contributed by atoms with E-state index in [9.17, 15) is 17.6 Å². The minimum Gasteiger partial charge on any atom is -0.352 e. The monoisotopic (exact) mass is 430 g/mol. The summed E-state index contributed by atoms with van der Waals surface area (Å²) in [7, 11) is 0. The molecule has 6 heteroatoms. The maximum atomic E-state index is 14.8. The van der Waals surface area contributed by atoms with Crippen molar-refractivity contribution in [3.63, 3.8) is 0 Å². The minimum atomic E-state index is -0.964. The van der Waals surface area contributed by atoms with Gasteiger partial charge in [-0.1, -0.05) is 55.5 Å². The molecule has 31 heavy (non-hydrogen) atoms. The smallest absolute Gasteiger partial charge is 0.166 e. The molecule has 1 saturated heterocycles. The van der Waals surface area contributed by atoms with Gasteiger partial charge in [-0.15, -0.1) is 0 Å². The van der Waals surface area contributed by atoms with Crippen LogP contribution >= 0.6 is 0 Å². The first-order valence-electron chi connectivity index (χ1n) is 10.2. The van der Waals surface area contributed by atoms with Gasteiger partial charge >= 0.3 is 0 Å². The molecule has 162 valence electrons. The third-order valence-electron chi connectivity index (χ3n) is 5.67. The van der Waals surface area contributed by atoms with Crippen LogP contribution in [0.4, 0.5) is 17.6 Å². The van der Waals surface area contributed by atoms with Crippen LogP contribution in [0.2, 0.25) is 0 Å². The van der Waals surface area contributed by atoms with E-state index in [0.29, 0.717) is 23.1 Å². The van der Waals surface area contributed by atoms with Crippen LogP contribution in [0, 0.1) is 23.3 Å². The maximum Gasteiger partial charge on any atom is 0.166 e. The molecule has 0 radical (unpaired) electrons. The van der Waals surface area contributed by atoms with Gasteiger partial charge in [0.2, 0.25) is 0 Å². The Kier molecular flexibility index (Phi) is 6.12. The number of ether oxygens (including phenoxy) is 2. The summed E-state index contributed by atoms with van der Waals surface area (Å²) in [5.41, 5.74) is 1.60. The Balaban J connectivity index is 1.63. The van der Waals surface area contributed by atoms with E-state index in [-0.39, 0.29) is 42.1 Å². The van der Waals surface area contributed by atoms with Gasteiger partial charge in [0.15, 0.2) is 29.6 Å². The van der Waals surface area contributed by atoms with E-state index >= 15 is 0 Å². The third-order valence-corrected chi connectivity index (χ3v) is 5.67. The van der Waals surface area contributed by atoms with Crippen molar-refractivity contribution in [1.82, 2.24) is 0 Å². The van der Waals surface area contributed by atoms with Crippen LogP contribution in [-0.2, 0) is 15.9 Å². The first-order chi connectivity index (χ1) is 14.9. The molecule has 2 nitrogen and oxygen atoms in total. The molecule has 0 spiro atoms. The van der Waals surface area contributed by atoms with Crippen LogP contribution in [-0.4, -0.2) is 19.5 Å². The molecule has 0 saturated carbocycles. The quantitative estimate of drug-likeness (QED) is 0.433. The molecule has 0 N–H and O–H groups in total. The molecule has 1 fully saturated rings. The Bertz CT molecular complexity index is 1090. The third kappa shape index (κ3) is 4.10. The van der Waals surface area contributed by atoms with Crippen molar-refractivity contribution in [2.45, 2.75) is 32.5 Å². The van der Waals surface area contributed by atoms with Gasteiger partial charge in [0.25, 0.3) is 0 Å². The zero-order valence-electron chi connectivity index (χ0n) is 17.2. The van der Waals surface area contributed by atoms with Gasteiger partial charge in [-0.3, -0.25) is 0 Å². The van der Waals surface area contributed by atoms with E-state index in [2.05, 4.69) is 0 Å². The number of hydrogen-bond acceptors (Lipinski definition) is 2. The molecular weight excluding hydrogens is 408 g/mol. The Hall–Kier alpha value is -2.70. The van der Waals surface area contributed by atoms with Gasteiger partial charge in [0, 0.05) is 17.0 Å². The number of hydrogen-bond donors (Lipinski definition) is 0. The van der Waals surface area contributed by atoms with Crippen molar-refractivity contribution in [3.05, 3.63) is 82.9 Å². The molecule has 3 aromatic carbocycles. The first kappa shape index (κ1) is 21.5. The summed E-state index contributed by atoms with van der Waals surface area (Å²) in [6, 6.07) is 12.4. The van der Waals surface area contributed by atoms with Crippen LogP contribution in [0.15, 0.2) is 48.5 Å². The van der Waals surface area contributed by atoms with E-state index in [1.807, 2.05) is 0 Å². The Labute approximate surface area is 178 Å². The van der Waals surface area contributed by atoms with Crippen LogP contribution in [0.1, 0.15) is 30.9 Å². The molecule has 3 aromatic rings. The van der Waals surface area contributed by atoms with Crippen molar-refractivity contribution in [2.75, 3.05) is 13.2 Å². The SMILES string of the molecule is CCc1ccc(-c2ccc(-c3ccc(C4COC(C)OC4)c(F)c3F)cc2)c(F)c1F. The summed E-state index contributed by atoms with van der Waals surface area (Å²) < 4.78 is 68.9. The zero-order valence-corrected chi connectivity index (χ0v) is 17.2. The molecule has 0 aromatic heterocycles. The largest absolute Gasteiger partial charge is 0.352 e. The lowest BCUT2D eigenvalue weighted by Gasteiger charge is -2.28. The second-order valence-electron chi connectivity index (χ2n) is 7.59. The van der Waals surface area contributed by atoms with Gasteiger partial charge in [-0.25, -0.2) is 17.6 Å². The fourth-order valence-corrected chi connectivity index (χ4v) is 3.80. The van der Waals surface area contributed by atoms with Crippen molar-refractivity contribution >= 4 is 0 Å². The Morgan fingerprint density at radius 2 is 1.23 bits per heavy atom. The number of benzene rings is 3. The van der Waals surface area contributed by atoms with Gasteiger partial charge in [-0.2, -0.15) is 0 Å². The van der Waals surface area contributed by atoms with E-state index in [4.69, 9.17) is 9.47 Å². The zero-order chi connectivity index (χ0) is 22.1. The molecule has 1 aliphatic rings. The molecule has 0 amide bonds. The Morgan fingerprint density at radius 3 is 1.77 bits per heavy atom. The highest BCUT2D eigenvalue weighted by atomic mass is 19.2. The predicted molar refractivity (Wildman–Crippen MR) is 111 cm³/mol. The second kappa shape index (κ2) is 8.81. The lowest BCUT2D eigenvalue weighted by atomic mass is 9.94. The van der Waals surface area contributed by atoms with Gasteiger partial charge in [0.1, 0.15) is 0 Å². The van der Waals surface area contributed by atoms with Crippen molar-refractivity contribution < 1.29 is 27.0 Å². The summed E-state index contributed by atoms with van der Waals surface area (Å²) in [5, 5.41) is 0. The van der Waals surface area contributed by atoms with Crippen molar-refractivity contribution in [2.24, 2.45) is 0 Å². The molecule has 0 bridgehead atoms. The Morgan fingerprint density at radius 1 is 0.710 bits per heavy atom. The molecule has 0 unspecified atom stereocenters. The maximum absolute atomic E-state index is 14.8. The lowest BCUT2D eigenvalue weighted by Crippen LogP contribution is -2.29. The first-order valence-corrected chi connectivity index (χ1v) is 10.2. The molecule has 1 heterocycles. The van der Waals surface area contributed by atoms with Crippen LogP contribution in [0.25, 0.3) is 22.3 Å². The molecule has 0 atom stereocenters. The summed E-state index contributed by atoms with van der Waals surface area (Å²) in [6.07, 6.45) is 0.0273. The van der Waals surface area contributed by atoms with E-state index < -0.39 is 23.3 Å². The molecule has 4 rings (SSSR count). The lowest BCUT2D eigenvalue weighted by molar-refractivity contribution is -0.176. The van der Waals surface area contributed by atoms with Crippen LogP contribution < -0.4 is 0 Å². The number of rotatable bonds is 4. The summed E-state index contributed by atoms with van der Waals surface area (Å²) in [6.45, 7) is 4.01. The number of halogens is 4. The molecule has 0 aliphatic carbocycles. The second-order valence-corrected chi connectivity index (χ2v) is 7.59. The summed E-state index contributed by atoms with van der Waals surface area (Å²) in [5.74, 6) is -4.06. The van der Waals surface area contributed by atoms with Crippen molar-refractivity contribution in [1.29, 1.82) is 0 Å². The highest BCUT2D eigenvalue weighted by Gasteiger charge is 2.26. The summed E-state index contributed by atoms with van der Waals surface area (Å²) in [4.78, 5) is 0. The fourth-order valence-electron chi connectivity index (χ4n) is 3.80. The van der Waals surface area contributed by atoms with Gasteiger partial charge < -0.3 is 9.47 Å². The van der Waals surface area contributed by atoms with E-state index in [1.165, 1.54) is 18.2 Å². The van der Waals surface area contributed by atoms with Crippen LogP contribution in [0.3, 0.4) is 0 Å². The van der Waals surface area contributed by atoms with Crippen LogP contribution in [0.5, 0.6) is 0 Å². The topological polar surface area (TPSA) is 18.5 Å². The van der Waals surface area contributed by atoms with Gasteiger partial charge in [0.05, 0.1) is 13.2 Å². The highest BCUT2D eigenvalue weighted by Crippen LogP contribution is 2.33.